The van der Waals surface area contributed by atoms with Crippen molar-refractivity contribution in [2.75, 3.05) is 5.32 Å². The molecule has 0 saturated carbocycles. The third-order valence-corrected chi connectivity index (χ3v) is 6.12. The fourth-order valence-electron chi connectivity index (χ4n) is 3.85. The van der Waals surface area contributed by atoms with Crippen molar-refractivity contribution in [2.45, 2.75) is 38.9 Å². The lowest BCUT2D eigenvalue weighted by Crippen LogP contribution is -2.30. The van der Waals surface area contributed by atoms with Crippen LogP contribution in [0.4, 0.5) is 5.69 Å². The minimum atomic E-state index is -0.642. The second-order valence-corrected chi connectivity index (χ2v) is 9.06. The molecule has 4 nitrogen and oxygen atoms in total. The highest BCUT2D eigenvalue weighted by molar-refractivity contribution is 5.94. The maximum atomic E-state index is 12.7. The van der Waals surface area contributed by atoms with Gasteiger partial charge in [0.05, 0.1) is 0 Å². The van der Waals surface area contributed by atoms with E-state index in [1.165, 1.54) is 11.1 Å². The van der Waals surface area contributed by atoms with E-state index < -0.39 is 6.10 Å². The molecule has 0 spiro atoms. The minimum Gasteiger partial charge on any atom is -0.489 e. The Hall–Kier alpha value is -4.05. The number of amides is 1. The zero-order valence-corrected chi connectivity index (χ0v) is 20.4. The first-order valence-electron chi connectivity index (χ1n) is 11.8. The summed E-state index contributed by atoms with van der Waals surface area (Å²) in [6, 6.07) is 35.7. The Morgan fingerprint density at radius 3 is 1.91 bits per heavy atom. The number of carbonyl (C=O) groups is 1. The molecule has 1 unspecified atom stereocenters. The second kappa shape index (κ2) is 10.9. The van der Waals surface area contributed by atoms with Gasteiger partial charge in [-0.1, -0.05) is 86.6 Å². The van der Waals surface area contributed by atoms with Crippen molar-refractivity contribution in [3.8, 4) is 11.5 Å². The van der Waals surface area contributed by atoms with Crippen LogP contribution in [0.1, 0.15) is 37.5 Å². The fraction of sp³-hybridized carbons (Fsp3) is 0.194. The molecule has 4 heteroatoms. The predicted octanol–water partition coefficient (Wildman–Crippen LogP) is 7.00. The number of benzene rings is 4. The van der Waals surface area contributed by atoms with Crippen LogP contribution in [-0.2, 0) is 16.8 Å². The lowest BCUT2D eigenvalue weighted by molar-refractivity contribution is -0.122. The molecule has 0 heterocycles. The Morgan fingerprint density at radius 1 is 0.743 bits per heavy atom. The van der Waals surface area contributed by atoms with Crippen molar-refractivity contribution in [3.05, 3.63) is 126 Å². The van der Waals surface area contributed by atoms with Crippen molar-refractivity contribution in [1.82, 2.24) is 0 Å². The van der Waals surface area contributed by atoms with Gasteiger partial charge in [-0.3, -0.25) is 4.79 Å². The molecule has 0 aromatic heterocycles. The van der Waals surface area contributed by atoms with Crippen molar-refractivity contribution in [2.24, 2.45) is 0 Å². The van der Waals surface area contributed by atoms with Crippen LogP contribution < -0.4 is 14.8 Å². The number of hydrogen-bond acceptors (Lipinski definition) is 3. The Labute approximate surface area is 207 Å². The van der Waals surface area contributed by atoms with E-state index in [2.05, 4.69) is 55.6 Å². The maximum Gasteiger partial charge on any atom is 0.265 e. The Bertz CT molecular complexity index is 1220. The van der Waals surface area contributed by atoms with E-state index in [4.69, 9.17) is 9.47 Å². The van der Waals surface area contributed by atoms with Crippen LogP contribution >= 0.6 is 0 Å². The molecule has 4 aromatic rings. The summed E-state index contributed by atoms with van der Waals surface area (Å²) in [5.74, 6) is 1.19. The molecular weight excluding hydrogens is 434 g/mol. The number of rotatable bonds is 9. The summed E-state index contributed by atoms with van der Waals surface area (Å²) >= 11 is 0. The highest BCUT2D eigenvalue weighted by atomic mass is 16.5. The number of carbonyl (C=O) groups excluding carboxylic acids is 1. The molecule has 1 amide bonds. The molecule has 4 rings (SSSR count). The summed E-state index contributed by atoms with van der Waals surface area (Å²) < 4.78 is 11.7. The Balaban J connectivity index is 1.30. The van der Waals surface area contributed by atoms with Gasteiger partial charge in [0.1, 0.15) is 18.1 Å². The summed E-state index contributed by atoms with van der Waals surface area (Å²) in [4.78, 5) is 12.7. The lowest BCUT2D eigenvalue weighted by Gasteiger charge is -2.26. The fourth-order valence-corrected chi connectivity index (χ4v) is 3.85. The monoisotopic (exact) mass is 465 g/mol. The molecule has 178 valence electrons. The lowest BCUT2D eigenvalue weighted by atomic mass is 9.78. The molecular formula is C31H31NO3. The SMILES string of the molecule is CC(Oc1ccc(C(C)(C)c2ccccc2)cc1)C(=O)Nc1ccc(OCc2ccccc2)cc1. The summed E-state index contributed by atoms with van der Waals surface area (Å²) in [5.41, 5.74) is 4.10. The smallest absolute Gasteiger partial charge is 0.265 e. The standard InChI is InChI=1S/C31H31NO3/c1-23(35-29-18-14-26(15-19-29)31(2,3)25-12-8-5-9-13-25)30(33)32-27-16-20-28(21-17-27)34-22-24-10-6-4-7-11-24/h4-21,23H,22H2,1-3H3,(H,32,33). The average molecular weight is 466 g/mol. The first-order valence-corrected chi connectivity index (χ1v) is 11.8. The van der Waals surface area contributed by atoms with Crippen LogP contribution in [-0.4, -0.2) is 12.0 Å². The molecule has 0 aliphatic rings. The largest absolute Gasteiger partial charge is 0.489 e. The molecule has 1 N–H and O–H groups in total. The summed E-state index contributed by atoms with van der Waals surface area (Å²) in [5, 5.41) is 2.90. The van der Waals surface area contributed by atoms with Crippen molar-refractivity contribution in [3.63, 3.8) is 0 Å². The minimum absolute atomic E-state index is 0.125. The van der Waals surface area contributed by atoms with E-state index in [1.54, 1.807) is 6.92 Å². The normalized spacial score (nSPS) is 12.0. The topological polar surface area (TPSA) is 47.6 Å². The van der Waals surface area contributed by atoms with Gasteiger partial charge >= 0.3 is 0 Å². The number of hydrogen-bond donors (Lipinski definition) is 1. The van der Waals surface area contributed by atoms with Crippen molar-refractivity contribution in [1.29, 1.82) is 0 Å². The highest BCUT2D eigenvalue weighted by Gasteiger charge is 2.23. The van der Waals surface area contributed by atoms with E-state index >= 15 is 0 Å². The van der Waals surface area contributed by atoms with Crippen LogP contribution in [0, 0.1) is 0 Å². The summed E-state index contributed by atoms with van der Waals surface area (Å²) in [6.45, 7) is 6.64. The van der Waals surface area contributed by atoms with Crippen molar-refractivity contribution >= 4 is 11.6 Å². The summed E-state index contributed by atoms with van der Waals surface area (Å²) in [7, 11) is 0. The molecule has 1 atom stereocenters. The summed E-state index contributed by atoms with van der Waals surface area (Å²) in [6.07, 6.45) is -0.642. The Kier molecular flexibility index (Phi) is 7.51. The molecule has 0 aliphatic carbocycles. The third kappa shape index (κ3) is 6.30. The highest BCUT2D eigenvalue weighted by Crippen LogP contribution is 2.32. The van der Waals surface area contributed by atoms with Crippen LogP contribution in [0.5, 0.6) is 11.5 Å². The van der Waals surface area contributed by atoms with Gasteiger partial charge in [-0.05, 0) is 60.0 Å². The van der Waals surface area contributed by atoms with Gasteiger partial charge in [0, 0.05) is 11.1 Å². The third-order valence-electron chi connectivity index (χ3n) is 6.12. The van der Waals surface area contributed by atoms with E-state index in [1.807, 2.05) is 72.8 Å². The van der Waals surface area contributed by atoms with Gasteiger partial charge in [-0.25, -0.2) is 0 Å². The van der Waals surface area contributed by atoms with Crippen LogP contribution in [0.15, 0.2) is 109 Å². The van der Waals surface area contributed by atoms with Gasteiger partial charge in [-0.15, -0.1) is 0 Å². The number of nitrogens with one attached hydrogen (secondary N) is 1. The molecule has 0 saturated heterocycles. The van der Waals surface area contributed by atoms with Crippen LogP contribution in [0.25, 0.3) is 0 Å². The molecule has 35 heavy (non-hydrogen) atoms. The molecule has 0 fully saturated rings. The van der Waals surface area contributed by atoms with Gasteiger partial charge in [0.15, 0.2) is 6.10 Å². The van der Waals surface area contributed by atoms with Gasteiger partial charge in [0.2, 0.25) is 0 Å². The van der Waals surface area contributed by atoms with Crippen LogP contribution in [0.2, 0.25) is 0 Å². The first-order chi connectivity index (χ1) is 16.9. The van der Waals surface area contributed by atoms with Crippen molar-refractivity contribution < 1.29 is 14.3 Å². The molecule has 0 radical (unpaired) electrons. The van der Waals surface area contributed by atoms with Gasteiger partial charge in [0.25, 0.3) is 5.91 Å². The van der Waals surface area contributed by atoms with Gasteiger partial charge < -0.3 is 14.8 Å². The number of anilines is 1. The second-order valence-electron chi connectivity index (χ2n) is 9.06. The van der Waals surface area contributed by atoms with E-state index in [0.29, 0.717) is 18.0 Å². The average Bonchev–Trinajstić information content (AvgIpc) is 2.89. The zero-order valence-electron chi connectivity index (χ0n) is 20.4. The van der Waals surface area contributed by atoms with Crippen LogP contribution in [0.3, 0.4) is 0 Å². The van der Waals surface area contributed by atoms with E-state index in [0.717, 1.165) is 11.3 Å². The van der Waals surface area contributed by atoms with E-state index in [-0.39, 0.29) is 11.3 Å². The molecule has 0 aliphatic heterocycles. The quantitative estimate of drug-likeness (QED) is 0.290. The number of ether oxygens (including phenoxy) is 2. The van der Waals surface area contributed by atoms with Gasteiger partial charge in [-0.2, -0.15) is 0 Å². The first kappa shape index (κ1) is 24.1. The zero-order chi connectivity index (χ0) is 24.7. The Morgan fingerprint density at radius 2 is 1.29 bits per heavy atom. The maximum absolute atomic E-state index is 12.7. The molecule has 0 bridgehead atoms. The molecule has 4 aromatic carbocycles. The van der Waals surface area contributed by atoms with E-state index in [9.17, 15) is 4.79 Å². The predicted molar refractivity (Wildman–Crippen MR) is 141 cm³/mol.